The first-order valence-corrected chi connectivity index (χ1v) is 11.1. The van der Waals surface area contributed by atoms with Crippen molar-refractivity contribution in [3.63, 3.8) is 0 Å². The number of carbonyl (C=O) groups is 1. The highest BCUT2D eigenvalue weighted by atomic mass is 16.5. The number of likely N-dealkylation sites (N-methyl/N-ethyl adjacent to an activating group) is 1. The summed E-state index contributed by atoms with van der Waals surface area (Å²) in [6.07, 6.45) is 1.90. The maximum absolute atomic E-state index is 11.8. The summed E-state index contributed by atoms with van der Waals surface area (Å²) < 4.78 is 12.1. The Labute approximate surface area is 193 Å². The Kier molecular flexibility index (Phi) is 5.75. The van der Waals surface area contributed by atoms with E-state index in [1.807, 2.05) is 36.4 Å². The standard InChI is InChI=1S/C27H27N3O3/c1-30(2)13-12-28-21-10-8-20-14-22(19-9-11-24-23(15-19)29-26(31)17-32-24)27(33-25(20)16-21)18-6-4-3-5-7-18/h3-11,14-16,27-28H,12-13,17H2,1-2H3,(H,29,31). The zero-order chi connectivity index (χ0) is 22.8. The molecule has 5 rings (SSSR count). The second-order valence-corrected chi connectivity index (χ2v) is 8.54. The molecule has 168 valence electrons. The monoisotopic (exact) mass is 441 g/mol. The van der Waals surface area contributed by atoms with E-state index in [1.165, 1.54) is 0 Å². The molecule has 3 aromatic carbocycles. The Morgan fingerprint density at radius 2 is 1.88 bits per heavy atom. The quantitative estimate of drug-likeness (QED) is 0.582. The number of hydrogen-bond acceptors (Lipinski definition) is 5. The van der Waals surface area contributed by atoms with Gasteiger partial charge >= 0.3 is 0 Å². The topological polar surface area (TPSA) is 62.8 Å². The minimum absolute atomic E-state index is 0.0447. The SMILES string of the molecule is CN(C)CCNc1ccc2c(c1)OC(c1ccccc1)C(c1ccc3c(c1)NC(=O)CO3)=C2. The fourth-order valence-electron chi connectivity index (χ4n) is 4.10. The molecular formula is C27H27N3O3. The molecule has 0 radical (unpaired) electrons. The van der Waals surface area contributed by atoms with Gasteiger partial charge in [0.1, 0.15) is 17.6 Å². The maximum Gasteiger partial charge on any atom is 0.262 e. The number of hydrogen-bond donors (Lipinski definition) is 2. The third kappa shape index (κ3) is 4.56. The van der Waals surface area contributed by atoms with E-state index in [1.54, 1.807) is 0 Å². The van der Waals surface area contributed by atoms with Gasteiger partial charge in [0, 0.05) is 36.0 Å². The van der Waals surface area contributed by atoms with E-state index in [4.69, 9.17) is 9.47 Å². The first-order chi connectivity index (χ1) is 16.1. The number of nitrogens with zero attached hydrogens (tertiary/aromatic N) is 1. The van der Waals surface area contributed by atoms with Crippen LogP contribution in [-0.4, -0.2) is 44.6 Å². The lowest BCUT2D eigenvalue weighted by molar-refractivity contribution is -0.118. The molecule has 2 aliphatic rings. The third-order valence-electron chi connectivity index (χ3n) is 5.79. The van der Waals surface area contributed by atoms with E-state index in [0.29, 0.717) is 11.4 Å². The third-order valence-corrected chi connectivity index (χ3v) is 5.79. The van der Waals surface area contributed by atoms with Gasteiger partial charge in [-0.3, -0.25) is 4.79 Å². The Morgan fingerprint density at radius 3 is 2.70 bits per heavy atom. The van der Waals surface area contributed by atoms with Crippen LogP contribution in [0.3, 0.4) is 0 Å². The second kappa shape index (κ2) is 9.00. The second-order valence-electron chi connectivity index (χ2n) is 8.54. The van der Waals surface area contributed by atoms with Crippen molar-refractivity contribution < 1.29 is 14.3 Å². The van der Waals surface area contributed by atoms with Crippen LogP contribution in [0.15, 0.2) is 66.7 Å². The van der Waals surface area contributed by atoms with Gasteiger partial charge < -0.3 is 25.0 Å². The number of nitrogens with one attached hydrogen (secondary N) is 2. The summed E-state index contributed by atoms with van der Waals surface area (Å²) in [7, 11) is 4.12. The molecule has 0 saturated carbocycles. The molecule has 0 aliphatic carbocycles. The normalized spacial score (nSPS) is 16.6. The van der Waals surface area contributed by atoms with Gasteiger partial charge in [-0.15, -0.1) is 0 Å². The van der Waals surface area contributed by atoms with Gasteiger partial charge in [0.2, 0.25) is 0 Å². The highest BCUT2D eigenvalue weighted by Crippen LogP contribution is 2.44. The first-order valence-electron chi connectivity index (χ1n) is 11.1. The van der Waals surface area contributed by atoms with Gasteiger partial charge in [0.25, 0.3) is 5.91 Å². The minimum Gasteiger partial charge on any atom is -0.482 e. The zero-order valence-corrected chi connectivity index (χ0v) is 18.8. The largest absolute Gasteiger partial charge is 0.482 e. The van der Waals surface area contributed by atoms with Gasteiger partial charge in [0.05, 0.1) is 5.69 Å². The summed E-state index contributed by atoms with van der Waals surface area (Å²) in [5.41, 5.74) is 5.82. The van der Waals surface area contributed by atoms with Crippen molar-refractivity contribution >= 4 is 28.9 Å². The minimum atomic E-state index is -0.269. The van der Waals surface area contributed by atoms with Crippen LogP contribution in [0.4, 0.5) is 11.4 Å². The average Bonchev–Trinajstić information content (AvgIpc) is 2.83. The van der Waals surface area contributed by atoms with Crippen molar-refractivity contribution in [2.75, 3.05) is 44.4 Å². The number of anilines is 2. The van der Waals surface area contributed by atoms with Crippen LogP contribution in [0, 0.1) is 0 Å². The van der Waals surface area contributed by atoms with Crippen LogP contribution in [0.5, 0.6) is 11.5 Å². The number of fused-ring (bicyclic) bond motifs is 2. The molecule has 0 saturated heterocycles. The van der Waals surface area contributed by atoms with Gasteiger partial charge in [0.15, 0.2) is 6.61 Å². The van der Waals surface area contributed by atoms with E-state index in [9.17, 15) is 4.79 Å². The maximum atomic E-state index is 11.8. The predicted molar refractivity (Wildman–Crippen MR) is 132 cm³/mol. The van der Waals surface area contributed by atoms with Crippen LogP contribution < -0.4 is 20.1 Å². The predicted octanol–water partition coefficient (Wildman–Crippen LogP) is 4.67. The van der Waals surface area contributed by atoms with Gasteiger partial charge in [-0.1, -0.05) is 36.4 Å². The van der Waals surface area contributed by atoms with Crippen molar-refractivity contribution in [2.24, 2.45) is 0 Å². The molecule has 2 N–H and O–H groups in total. The van der Waals surface area contributed by atoms with Crippen molar-refractivity contribution in [1.29, 1.82) is 0 Å². The molecule has 0 spiro atoms. The number of ether oxygens (including phenoxy) is 2. The number of benzene rings is 3. The van der Waals surface area contributed by atoms with Crippen LogP contribution in [0.1, 0.15) is 22.8 Å². The molecule has 1 amide bonds. The Bertz CT molecular complexity index is 1200. The van der Waals surface area contributed by atoms with E-state index in [-0.39, 0.29) is 18.6 Å². The van der Waals surface area contributed by atoms with Crippen LogP contribution in [0.2, 0.25) is 0 Å². The highest BCUT2D eigenvalue weighted by molar-refractivity contribution is 5.97. The molecule has 2 aliphatic heterocycles. The molecular weight excluding hydrogens is 414 g/mol. The lowest BCUT2D eigenvalue weighted by Crippen LogP contribution is -2.25. The number of rotatable bonds is 6. The summed E-state index contributed by atoms with van der Waals surface area (Å²) in [6, 6.07) is 22.3. The number of amides is 1. The molecule has 1 unspecified atom stereocenters. The van der Waals surface area contributed by atoms with E-state index >= 15 is 0 Å². The molecule has 33 heavy (non-hydrogen) atoms. The summed E-state index contributed by atoms with van der Waals surface area (Å²) >= 11 is 0. The van der Waals surface area contributed by atoms with Crippen molar-refractivity contribution in [2.45, 2.75) is 6.10 Å². The molecule has 3 aromatic rings. The Balaban J connectivity index is 1.52. The van der Waals surface area contributed by atoms with Gasteiger partial charge in [-0.2, -0.15) is 0 Å². The molecule has 0 bridgehead atoms. The van der Waals surface area contributed by atoms with E-state index in [2.05, 4.69) is 66.0 Å². The molecule has 6 nitrogen and oxygen atoms in total. The van der Waals surface area contributed by atoms with Crippen molar-refractivity contribution in [3.05, 3.63) is 83.4 Å². The summed E-state index contributed by atoms with van der Waals surface area (Å²) in [4.78, 5) is 14.0. The van der Waals surface area contributed by atoms with Crippen LogP contribution >= 0.6 is 0 Å². The Morgan fingerprint density at radius 1 is 1.03 bits per heavy atom. The molecule has 0 aromatic heterocycles. The van der Waals surface area contributed by atoms with Gasteiger partial charge in [-0.25, -0.2) is 0 Å². The lowest BCUT2D eigenvalue weighted by atomic mass is 9.90. The van der Waals surface area contributed by atoms with Crippen LogP contribution in [-0.2, 0) is 4.79 Å². The molecule has 1 atom stereocenters. The molecule has 2 heterocycles. The Hall–Kier alpha value is -3.77. The lowest BCUT2D eigenvalue weighted by Gasteiger charge is -2.29. The van der Waals surface area contributed by atoms with Crippen molar-refractivity contribution in [1.82, 2.24) is 4.90 Å². The van der Waals surface area contributed by atoms with Crippen molar-refractivity contribution in [3.8, 4) is 11.5 Å². The molecule has 0 fully saturated rings. The fourth-order valence-corrected chi connectivity index (χ4v) is 4.10. The average molecular weight is 442 g/mol. The number of carbonyl (C=O) groups excluding carboxylic acids is 1. The zero-order valence-electron chi connectivity index (χ0n) is 18.8. The summed E-state index contributed by atoms with van der Waals surface area (Å²) in [5.74, 6) is 1.38. The van der Waals surface area contributed by atoms with E-state index < -0.39 is 0 Å². The smallest absolute Gasteiger partial charge is 0.262 e. The van der Waals surface area contributed by atoms with Gasteiger partial charge in [-0.05, 0) is 55.6 Å². The molecule has 6 heteroatoms. The first kappa shape index (κ1) is 21.1. The van der Waals surface area contributed by atoms with Crippen LogP contribution in [0.25, 0.3) is 11.6 Å². The fraction of sp³-hybridized carbons (Fsp3) is 0.222. The van der Waals surface area contributed by atoms with E-state index in [0.717, 1.165) is 46.8 Å². The highest BCUT2D eigenvalue weighted by Gasteiger charge is 2.27. The summed E-state index contributed by atoms with van der Waals surface area (Å²) in [5, 5.41) is 6.37. The summed E-state index contributed by atoms with van der Waals surface area (Å²) in [6.45, 7) is 1.86.